The molecule has 0 atom stereocenters. The van der Waals surface area contributed by atoms with E-state index in [0.29, 0.717) is 0 Å². The van der Waals surface area contributed by atoms with Crippen LogP contribution in [0, 0.1) is 0 Å². The van der Waals surface area contributed by atoms with Crippen LogP contribution in [0.25, 0.3) is 0 Å². The Kier molecular flexibility index (Phi) is 6.67. The predicted molar refractivity (Wildman–Crippen MR) is 14.7 cm³/mol. The van der Waals surface area contributed by atoms with Gasteiger partial charge >= 0.3 is 21.0 Å². The van der Waals surface area contributed by atoms with Crippen LogP contribution in [0.2, 0.25) is 0 Å². The summed E-state index contributed by atoms with van der Waals surface area (Å²) >= 11 is 3.69. The van der Waals surface area contributed by atoms with Crippen molar-refractivity contribution in [2.75, 3.05) is 0 Å². The van der Waals surface area contributed by atoms with Gasteiger partial charge in [-0.15, -0.1) is 0 Å². The van der Waals surface area contributed by atoms with Crippen LogP contribution in [0.5, 0.6) is 0 Å². The average Bonchev–Trinajstić information content (AvgIpc) is 1.36. The summed E-state index contributed by atoms with van der Waals surface area (Å²) < 4.78 is 38.1. The minimum atomic E-state index is -5.17. The molecular formula is H2CuNO4S. The van der Waals surface area contributed by atoms with E-state index in [-0.39, 0.29) is 0 Å². The van der Waals surface area contributed by atoms with Crippen LogP contribution in [0.1, 0.15) is 0 Å². The van der Waals surface area contributed by atoms with Gasteiger partial charge in [0.25, 0.3) is 0 Å². The molecule has 0 bridgehead atoms. The topological polar surface area (TPSA) is 106 Å². The monoisotopic (exact) mass is 175 g/mol. The van der Waals surface area contributed by atoms with Crippen LogP contribution < -0.4 is 4.75 Å². The van der Waals surface area contributed by atoms with E-state index in [1.165, 1.54) is 0 Å². The zero-order valence-corrected chi connectivity index (χ0v) is 4.68. The molecule has 2 N–H and O–H groups in total. The Labute approximate surface area is 49.5 Å². The van der Waals surface area contributed by atoms with E-state index in [9.17, 15) is 0 Å². The summed E-state index contributed by atoms with van der Waals surface area (Å²) in [5.41, 5.74) is 0. The summed E-state index contributed by atoms with van der Waals surface area (Å²) in [5.74, 6) is 0. The molecule has 0 radical (unpaired) electrons. The molecule has 5 nitrogen and oxygen atoms in total. The zero-order chi connectivity index (χ0) is 6.50. The van der Waals surface area contributed by atoms with Gasteiger partial charge in [0.05, 0.1) is 0 Å². The van der Waals surface area contributed by atoms with Crippen molar-refractivity contribution in [1.82, 2.24) is 0 Å². The van der Waals surface area contributed by atoms with Crippen molar-refractivity contribution in [3.8, 4) is 0 Å². The third kappa shape index (κ3) is 983. The molecule has 0 amide bonds. The fourth-order valence-corrected chi connectivity index (χ4v) is 0. The summed E-state index contributed by atoms with van der Waals surface area (Å²) in [6.07, 6.45) is 0. The van der Waals surface area contributed by atoms with Crippen molar-refractivity contribution >= 4 is 10.4 Å². The molecule has 0 rings (SSSR count). The molecule has 0 spiro atoms. The number of rotatable bonds is 0. The second kappa shape index (κ2) is 4.51. The molecule has 48 valence electrons. The number of hydrogen-bond acceptors (Lipinski definition) is 5. The SMILES string of the molecule is O=S(=O)([O-])[O-].[NH2][Cu+2]. The Hall–Kier alpha value is 0.349. The van der Waals surface area contributed by atoms with Crippen molar-refractivity contribution in [2.24, 2.45) is 4.75 Å². The third-order valence-corrected chi connectivity index (χ3v) is 0. The molecule has 0 aromatic rings. The maximum absolute atomic E-state index is 8.52. The Morgan fingerprint density at radius 3 is 1.29 bits per heavy atom. The van der Waals surface area contributed by atoms with Gasteiger partial charge in [0.2, 0.25) is 0 Å². The normalized spacial score (nSPS) is 9.29. The first-order valence-corrected chi connectivity index (χ1v) is 2.72. The number of nitrogens with two attached hydrogens (primary N) is 1. The van der Waals surface area contributed by atoms with E-state index in [1.54, 1.807) is 0 Å². The first kappa shape index (κ1) is 10.4. The van der Waals surface area contributed by atoms with Crippen LogP contribution >= 0.6 is 0 Å². The van der Waals surface area contributed by atoms with Gasteiger partial charge in [0, 0.05) is 10.4 Å². The molecule has 0 fully saturated rings. The van der Waals surface area contributed by atoms with Crippen LogP contribution in [-0.2, 0) is 26.6 Å². The molecule has 0 aliphatic rings. The average molecular weight is 176 g/mol. The first-order valence-electron chi connectivity index (χ1n) is 0.841. The van der Waals surface area contributed by atoms with E-state index in [4.69, 9.17) is 17.5 Å². The second-order valence-electron chi connectivity index (χ2n) is 0.408. The van der Waals surface area contributed by atoms with Crippen molar-refractivity contribution < 1.29 is 33.8 Å². The van der Waals surface area contributed by atoms with Gasteiger partial charge in [-0.25, -0.2) is 0 Å². The molecule has 7 heteroatoms. The van der Waals surface area contributed by atoms with Crippen LogP contribution in [0.4, 0.5) is 0 Å². The van der Waals surface area contributed by atoms with Crippen molar-refractivity contribution in [1.29, 1.82) is 0 Å². The molecule has 0 aromatic heterocycles. The third-order valence-electron chi connectivity index (χ3n) is 0. The Balaban J connectivity index is 0. The van der Waals surface area contributed by atoms with E-state index in [2.05, 4.69) is 21.0 Å². The van der Waals surface area contributed by atoms with Gasteiger partial charge in [-0.2, -0.15) is 0 Å². The maximum atomic E-state index is 8.52. The molecule has 0 aliphatic heterocycles. The van der Waals surface area contributed by atoms with E-state index >= 15 is 0 Å². The minimum absolute atomic E-state index is 3.69. The summed E-state index contributed by atoms with van der Waals surface area (Å²) in [5, 5.41) is 0. The molecular weight excluding hydrogens is 174 g/mol. The molecule has 7 heavy (non-hydrogen) atoms. The van der Waals surface area contributed by atoms with E-state index in [0.717, 1.165) is 0 Å². The standard InChI is InChI=1S/Cu.H2N.H2O4S/c;;1-5(2,3)4/h;1H2;(H2,1,2,3,4)/q+3;-1;/p-2. The van der Waals surface area contributed by atoms with Crippen LogP contribution in [0.3, 0.4) is 0 Å². The van der Waals surface area contributed by atoms with E-state index < -0.39 is 10.4 Å². The Bertz CT molecular complexity index is 94.9. The molecule has 0 saturated carbocycles. The summed E-state index contributed by atoms with van der Waals surface area (Å²) in [6, 6.07) is 0. The Morgan fingerprint density at radius 1 is 1.29 bits per heavy atom. The van der Waals surface area contributed by atoms with Crippen molar-refractivity contribution in [3.63, 3.8) is 0 Å². The molecule has 0 aliphatic carbocycles. The van der Waals surface area contributed by atoms with Crippen LogP contribution in [-0.4, -0.2) is 17.5 Å². The van der Waals surface area contributed by atoms with Crippen LogP contribution in [0.15, 0.2) is 0 Å². The molecule has 0 saturated heterocycles. The fraction of sp³-hybridized carbons (Fsp3) is 0. The first-order chi connectivity index (χ1) is 3.00. The Morgan fingerprint density at radius 2 is 1.29 bits per heavy atom. The van der Waals surface area contributed by atoms with E-state index in [1.807, 2.05) is 0 Å². The fourth-order valence-electron chi connectivity index (χ4n) is 0. The summed E-state index contributed by atoms with van der Waals surface area (Å²) in [4.78, 5) is 0. The second-order valence-corrected chi connectivity index (χ2v) is 1.22. The molecule has 0 unspecified atom stereocenters. The summed E-state index contributed by atoms with van der Waals surface area (Å²) in [6.45, 7) is 0. The van der Waals surface area contributed by atoms with Gasteiger partial charge in [-0.05, 0) is 0 Å². The molecule has 0 aromatic carbocycles. The zero-order valence-electron chi connectivity index (χ0n) is 2.92. The predicted octanol–water partition coefficient (Wildman–Crippen LogP) is -1.93. The van der Waals surface area contributed by atoms with Crippen molar-refractivity contribution in [2.45, 2.75) is 0 Å². The van der Waals surface area contributed by atoms with Crippen molar-refractivity contribution in [3.05, 3.63) is 0 Å². The van der Waals surface area contributed by atoms with Gasteiger partial charge in [0.15, 0.2) is 0 Å². The number of hydrogen-bond donors (Lipinski definition) is 1. The van der Waals surface area contributed by atoms with Gasteiger partial charge < -0.3 is 9.11 Å². The summed E-state index contributed by atoms with van der Waals surface area (Å²) in [7, 11) is -5.17. The van der Waals surface area contributed by atoms with Gasteiger partial charge in [-0.1, -0.05) is 0 Å². The van der Waals surface area contributed by atoms with Gasteiger partial charge in [-0.3, -0.25) is 8.42 Å². The molecule has 0 heterocycles. The quantitative estimate of drug-likeness (QED) is 0.262. The van der Waals surface area contributed by atoms with Gasteiger partial charge in [0.1, 0.15) is 0 Å².